The summed E-state index contributed by atoms with van der Waals surface area (Å²) in [6, 6.07) is 6.54. The number of benzene rings is 1. The lowest BCUT2D eigenvalue weighted by atomic mass is 10.2. The highest BCUT2D eigenvalue weighted by Crippen LogP contribution is 2.22. The number of carbonyl (C=O) groups is 2. The third kappa shape index (κ3) is 4.77. The molecule has 0 saturated carbocycles. The third-order valence-corrected chi connectivity index (χ3v) is 5.67. The predicted molar refractivity (Wildman–Crippen MR) is 91.1 cm³/mol. The highest BCUT2D eigenvalue weighted by molar-refractivity contribution is 7.89. The van der Waals surface area contributed by atoms with Crippen LogP contribution in [0, 0.1) is 6.92 Å². The molecule has 1 aromatic rings. The molecule has 9 heteroatoms. The average molecular weight is 369 g/mol. The van der Waals surface area contributed by atoms with Gasteiger partial charge in [-0.1, -0.05) is 17.7 Å². The van der Waals surface area contributed by atoms with Gasteiger partial charge in [-0.2, -0.15) is 4.31 Å². The van der Waals surface area contributed by atoms with Crippen LogP contribution in [0.5, 0.6) is 0 Å². The predicted octanol–water partition coefficient (Wildman–Crippen LogP) is -0.0156. The van der Waals surface area contributed by atoms with Crippen LogP contribution in [0.2, 0.25) is 0 Å². The molecule has 2 rings (SSSR count). The van der Waals surface area contributed by atoms with E-state index >= 15 is 0 Å². The summed E-state index contributed by atoms with van der Waals surface area (Å²) in [5, 5.41) is 4.80. The normalized spacial score (nSPS) is 18.6. The fourth-order valence-electron chi connectivity index (χ4n) is 2.45. The molecule has 0 unspecified atom stereocenters. The van der Waals surface area contributed by atoms with E-state index in [0.29, 0.717) is 19.6 Å². The second kappa shape index (κ2) is 8.41. The van der Waals surface area contributed by atoms with Crippen LogP contribution < -0.4 is 10.6 Å². The summed E-state index contributed by atoms with van der Waals surface area (Å²) >= 11 is 0. The van der Waals surface area contributed by atoms with Crippen LogP contribution >= 0.6 is 0 Å². The van der Waals surface area contributed by atoms with E-state index in [0.717, 1.165) is 5.56 Å². The molecule has 2 amide bonds. The zero-order valence-electron chi connectivity index (χ0n) is 14.3. The van der Waals surface area contributed by atoms with Gasteiger partial charge in [-0.25, -0.2) is 8.42 Å². The summed E-state index contributed by atoms with van der Waals surface area (Å²) in [4.78, 5) is 23.3. The van der Waals surface area contributed by atoms with Gasteiger partial charge in [0.2, 0.25) is 10.0 Å². The van der Waals surface area contributed by atoms with Crippen molar-refractivity contribution in [2.24, 2.45) is 0 Å². The number of hydrogen-bond donors (Lipinski definition) is 2. The Morgan fingerprint density at radius 3 is 2.48 bits per heavy atom. The van der Waals surface area contributed by atoms with Crippen molar-refractivity contribution in [1.29, 1.82) is 0 Å². The maximum absolute atomic E-state index is 12.8. The lowest BCUT2D eigenvalue weighted by Gasteiger charge is -2.34. The second-order valence-corrected chi connectivity index (χ2v) is 7.57. The molecule has 1 aliphatic rings. The number of sulfonamides is 1. The zero-order chi connectivity index (χ0) is 18.4. The maximum atomic E-state index is 12.8. The highest BCUT2D eigenvalue weighted by atomic mass is 32.2. The van der Waals surface area contributed by atoms with Gasteiger partial charge in [0.1, 0.15) is 6.23 Å². The largest absolute Gasteiger partial charge is 0.360 e. The molecule has 138 valence electrons. The zero-order valence-corrected chi connectivity index (χ0v) is 15.1. The Balaban J connectivity index is 2.10. The van der Waals surface area contributed by atoms with Crippen LogP contribution in [0.15, 0.2) is 29.2 Å². The van der Waals surface area contributed by atoms with Crippen LogP contribution in [0.25, 0.3) is 0 Å². The molecule has 1 atom stereocenters. The van der Waals surface area contributed by atoms with Crippen LogP contribution in [0.4, 0.5) is 0 Å². The van der Waals surface area contributed by atoms with Crippen molar-refractivity contribution >= 4 is 21.8 Å². The van der Waals surface area contributed by atoms with E-state index in [1.807, 2.05) is 6.92 Å². The fraction of sp³-hybridized carbons (Fsp3) is 0.500. The monoisotopic (exact) mass is 369 g/mol. The Hall–Kier alpha value is -1.97. The highest BCUT2D eigenvalue weighted by Gasteiger charge is 2.34. The van der Waals surface area contributed by atoms with E-state index in [-0.39, 0.29) is 18.0 Å². The summed E-state index contributed by atoms with van der Waals surface area (Å²) in [7, 11) is -3.75. The molecule has 2 N–H and O–H groups in total. The molecular weight excluding hydrogens is 346 g/mol. The van der Waals surface area contributed by atoms with Crippen molar-refractivity contribution < 1.29 is 22.7 Å². The van der Waals surface area contributed by atoms with Crippen LogP contribution in [0.1, 0.15) is 18.9 Å². The first-order chi connectivity index (χ1) is 11.9. The van der Waals surface area contributed by atoms with Gasteiger partial charge in [-0.15, -0.1) is 0 Å². The summed E-state index contributed by atoms with van der Waals surface area (Å²) in [5.74, 6) is -1.57. The fourth-order valence-corrected chi connectivity index (χ4v) is 4.01. The van der Waals surface area contributed by atoms with Crippen LogP contribution in [0.3, 0.4) is 0 Å². The number of amides is 2. The minimum absolute atomic E-state index is 0.0962. The molecule has 1 aliphatic heterocycles. The average Bonchev–Trinajstić information content (AvgIpc) is 2.60. The molecule has 0 aliphatic carbocycles. The SMILES string of the molecule is CCNC(=O)C(=O)NC[C@@H]1OCCCN1S(=O)(=O)c1ccc(C)cc1. The van der Waals surface area contributed by atoms with Gasteiger partial charge >= 0.3 is 11.8 Å². The molecule has 1 fully saturated rings. The third-order valence-electron chi connectivity index (χ3n) is 3.76. The molecule has 25 heavy (non-hydrogen) atoms. The van der Waals surface area contributed by atoms with Crippen LogP contribution in [-0.2, 0) is 24.3 Å². The van der Waals surface area contributed by atoms with Crippen molar-refractivity contribution in [3.63, 3.8) is 0 Å². The van der Waals surface area contributed by atoms with E-state index in [1.54, 1.807) is 31.2 Å². The summed E-state index contributed by atoms with van der Waals surface area (Å²) in [6.07, 6.45) is -0.287. The Morgan fingerprint density at radius 2 is 1.84 bits per heavy atom. The quantitative estimate of drug-likeness (QED) is 0.710. The number of nitrogens with one attached hydrogen (secondary N) is 2. The van der Waals surface area contributed by atoms with Crippen molar-refractivity contribution in [3.05, 3.63) is 29.8 Å². The number of ether oxygens (including phenoxy) is 1. The van der Waals surface area contributed by atoms with Gasteiger partial charge in [-0.3, -0.25) is 9.59 Å². The first-order valence-corrected chi connectivity index (χ1v) is 9.56. The van der Waals surface area contributed by atoms with Gasteiger partial charge in [0.05, 0.1) is 18.0 Å². The first kappa shape index (κ1) is 19.4. The van der Waals surface area contributed by atoms with E-state index < -0.39 is 28.1 Å². The topological polar surface area (TPSA) is 105 Å². The van der Waals surface area contributed by atoms with Gasteiger partial charge in [-0.05, 0) is 32.4 Å². The molecule has 8 nitrogen and oxygen atoms in total. The number of likely N-dealkylation sites (N-methyl/N-ethyl adjacent to an activating group) is 1. The van der Waals surface area contributed by atoms with Crippen LogP contribution in [-0.4, -0.2) is 57.0 Å². The Morgan fingerprint density at radius 1 is 1.20 bits per heavy atom. The minimum atomic E-state index is -3.75. The lowest BCUT2D eigenvalue weighted by Crippen LogP contribution is -2.53. The van der Waals surface area contributed by atoms with Crippen molar-refractivity contribution in [1.82, 2.24) is 14.9 Å². The number of rotatable bonds is 5. The summed E-state index contributed by atoms with van der Waals surface area (Å²) in [5.41, 5.74) is 0.958. The first-order valence-electron chi connectivity index (χ1n) is 8.12. The molecule has 1 aromatic carbocycles. The maximum Gasteiger partial charge on any atom is 0.309 e. The second-order valence-electron chi connectivity index (χ2n) is 5.68. The summed E-state index contributed by atoms with van der Waals surface area (Å²) in [6.45, 7) is 4.49. The minimum Gasteiger partial charge on any atom is -0.360 e. The van der Waals surface area contributed by atoms with E-state index in [1.165, 1.54) is 4.31 Å². The Bertz CT molecular complexity index is 718. The summed E-state index contributed by atoms with van der Waals surface area (Å²) < 4.78 is 32.4. The number of aryl methyl sites for hydroxylation is 1. The Kier molecular flexibility index (Phi) is 6.51. The van der Waals surface area contributed by atoms with Gasteiger partial charge in [0, 0.05) is 13.1 Å². The van der Waals surface area contributed by atoms with Crippen molar-refractivity contribution in [3.8, 4) is 0 Å². The van der Waals surface area contributed by atoms with Crippen molar-refractivity contribution in [2.75, 3.05) is 26.2 Å². The Labute approximate surface area is 147 Å². The smallest absolute Gasteiger partial charge is 0.309 e. The molecular formula is C16H23N3O5S. The van der Waals surface area contributed by atoms with Crippen molar-refractivity contribution in [2.45, 2.75) is 31.4 Å². The molecule has 0 bridgehead atoms. The van der Waals surface area contributed by atoms with E-state index in [9.17, 15) is 18.0 Å². The molecule has 0 aromatic heterocycles. The number of nitrogens with zero attached hydrogens (tertiary/aromatic N) is 1. The van der Waals surface area contributed by atoms with Gasteiger partial charge in [0.15, 0.2) is 0 Å². The van der Waals surface area contributed by atoms with Gasteiger partial charge < -0.3 is 15.4 Å². The molecule has 0 radical (unpaired) electrons. The molecule has 0 spiro atoms. The molecule has 1 heterocycles. The standard InChI is InChI=1S/C16H23N3O5S/c1-3-17-15(20)16(21)18-11-14-19(9-4-10-24-14)25(22,23)13-7-5-12(2)6-8-13/h5-8,14H,3-4,9-11H2,1-2H3,(H,17,20)(H,18,21)/t14-/m0/s1. The number of hydrogen-bond acceptors (Lipinski definition) is 5. The lowest BCUT2D eigenvalue weighted by molar-refractivity contribution is -0.140. The van der Waals surface area contributed by atoms with E-state index in [4.69, 9.17) is 4.74 Å². The van der Waals surface area contributed by atoms with E-state index in [2.05, 4.69) is 10.6 Å². The van der Waals surface area contributed by atoms with Gasteiger partial charge in [0.25, 0.3) is 0 Å². The number of carbonyl (C=O) groups excluding carboxylic acids is 2. The molecule has 1 saturated heterocycles.